The molecule has 1 amide bonds. The van der Waals surface area contributed by atoms with Gasteiger partial charge in [0.1, 0.15) is 0 Å². The highest BCUT2D eigenvalue weighted by molar-refractivity contribution is 7.98. The predicted molar refractivity (Wildman–Crippen MR) is 127 cm³/mol. The Labute approximate surface area is 191 Å². The van der Waals surface area contributed by atoms with Crippen molar-refractivity contribution >= 4 is 44.7 Å². The first-order valence-corrected chi connectivity index (χ1v) is 13.3. The van der Waals surface area contributed by atoms with E-state index >= 15 is 0 Å². The quantitative estimate of drug-likeness (QED) is 0.316. The van der Waals surface area contributed by atoms with Crippen molar-refractivity contribution in [2.45, 2.75) is 42.2 Å². The molecule has 164 valence electrons. The van der Waals surface area contributed by atoms with Gasteiger partial charge in [-0.25, -0.2) is 18.1 Å². The Bertz CT molecular complexity index is 1130. The lowest BCUT2D eigenvalue weighted by Gasteiger charge is -2.10. The first-order valence-electron chi connectivity index (χ1n) is 9.92. The van der Waals surface area contributed by atoms with E-state index < -0.39 is 10.0 Å². The van der Waals surface area contributed by atoms with E-state index in [-0.39, 0.29) is 10.8 Å². The molecular formula is C22H25N3O3S3. The van der Waals surface area contributed by atoms with Crippen molar-refractivity contribution in [1.82, 2.24) is 9.71 Å². The van der Waals surface area contributed by atoms with Gasteiger partial charge in [0, 0.05) is 33.8 Å². The normalized spacial score (nSPS) is 11.4. The van der Waals surface area contributed by atoms with Gasteiger partial charge in [0.05, 0.1) is 15.6 Å². The first-order chi connectivity index (χ1) is 14.9. The molecule has 1 aromatic heterocycles. The minimum Gasteiger partial charge on any atom is -0.322 e. The predicted octanol–water partition coefficient (Wildman–Crippen LogP) is 5.07. The number of rotatable bonds is 10. The minimum absolute atomic E-state index is 0.130. The Morgan fingerprint density at radius 1 is 1.16 bits per heavy atom. The number of thiazole rings is 1. The summed E-state index contributed by atoms with van der Waals surface area (Å²) in [4.78, 5) is 18.2. The molecule has 0 bridgehead atoms. The van der Waals surface area contributed by atoms with E-state index in [0.29, 0.717) is 17.8 Å². The highest BCUT2D eigenvalue weighted by Crippen LogP contribution is 2.24. The van der Waals surface area contributed by atoms with Crippen LogP contribution in [0, 0.1) is 6.92 Å². The third-order valence-electron chi connectivity index (χ3n) is 4.39. The lowest BCUT2D eigenvalue weighted by atomic mass is 10.2. The van der Waals surface area contributed by atoms with Gasteiger partial charge in [0.2, 0.25) is 10.0 Å². The zero-order valence-corrected chi connectivity index (χ0v) is 19.9. The fourth-order valence-electron chi connectivity index (χ4n) is 2.75. The molecule has 2 aromatic carbocycles. The number of carbonyl (C=O) groups excluding carboxylic acids is 1. The highest BCUT2D eigenvalue weighted by Gasteiger charge is 2.14. The summed E-state index contributed by atoms with van der Waals surface area (Å²) in [6.07, 6.45) is 1.67. The number of hydrogen-bond donors (Lipinski definition) is 2. The molecule has 0 radical (unpaired) electrons. The number of anilines is 1. The highest BCUT2D eigenvalue weighted by atomic mass is 32.2. The fourth-order valence-corrected chi connectivity index (χ4v) is 5.37. The van der Waals surface area contributed by atoms with Crippen LogP contribution in [0.1, 0.15) is 40.8 Å². The molecule has 3 rings (SSSR count). The number of aromatic nitrogens is 1. The second-order valence-electron chi connectivity index (χ2n) is 6.90. The monoisotopic (exact) mass is 475 g/mol. The summed E-state index contributed by atoms with van der Waals surface area (Å²) in [5, 5.41) is 5.88. The van der Waals surface area contributed by atoms with Gasteiger partial charge in [0.15, 0.2) is 0 Å². The molecule has 0 saturated carbocycles. The lowest BCUT2D eigenvalue weighted by molar-refractivity contribution is 0.102. The van der Waals surface area contributed by atoms with Crippen LogP contribution in [-0.2, 0) is 15.8 Å². The number of nitrogens with one attached hydrogen (secondary N) is 2. The van der Waals surface area contributed by atoms with Crippen LogP contribution >= 0.6 is 23.1 Å². The number of aryl methyl sites for hydroxylation is 1. The summed E-state index contributed by atoms with van der Waals surface area (Å²) in [5.74, 6) is 0.490. The maximum absolute atomic E-state index is 12.6. The average molecular weight is 476 g/mol. The second-order valence-corrected chi connectivity index (χ2v) is 10.8. The van der Waals surface area contributed by atoms with Crippen molar-refractivity contribution in [1.29, 1.82) is 0 Å². The molecule has 0 unspecified atom stereocenters. The molecule has 0 spiro atoms. The molecule has 2 N–H and O–H groups in total. The molecule has 1 heterocycles. The van der Waals surface area contributed by atoms with E-state index in [0.717, 1.165) is 34.2 Å². The topological polar surface area (TPSA) is 88.2 Å². The molecule has 0 aliphatic carbocycles. The summed E-state index contributed by atoms with van der Waals surface area (Å²) in [6.45, 7) is 4.37. The number of thioether (sulfide) groups is 1. The molecular weight excluding hydrogens is 450 g/mol. The molecule has 6 nitrogen and oxygen atoms in total. The summed E-state index contributed by atoms with van der Waals surface area (Å²) >= 11 is 3.30. The van der Waals surface area contributed by atoms with E-state index in [2.05, 4.69) is 20.4 Å². The van der Waals surface area contributed by atoms with Crippen molar-refractivity contribution in [2.24, 2.45) is 0 Å². The van der Waals surface area contributed by atoms with Crippen molar-refractivity contribution < 1.29 is 13.2 Å². The van der Waals surface area contributed by atoms with E-state index in [1.54, 1.807) is 47.4 Å². The Hall–Kier alpha value is -2.20. The third kappa shape index (κ3) is 6.90. The van der Waals surface area contributed by atoms with Crippen LogP contribution in [0.2, 0.25) is 0 Å². The molecule has 0 aliphatic rings. The Morgan fingerprint density at radius 2 is 1.94 bits per heavy atom. The number of hydrogen-bond acceptors (Lipinski definition) is 6. The Balaban J connectivity index is 1.60. The number of carbonyl (C=O) groups is 1. The average Bonchev–Trinajstić information content (AvgIpc) is 3.18. The van der Waals surface area contributed by atoms with Crippen LogP contribution in [0.25, 0.3) is 0 Å². The molecule has 0 atom stereocenters. The van der Waals surface area contributed by atoms with Crippen molar-refractivity contribution in [3.63, 3.8) is 0 Å². The van der Waals surface area contributed by atoms with Crippen LogP contribution in [0.3, 0.4) is 0 Å². The summed E-state index contributed by atoms with van der Waals surface area (Å²) in [7, 11) is -3.60. The smallest absolute Gasteiger partial charge is 0.255 e. The maximum atomic E-state index is 12.6. The third-order valence-corrected chi connectivity index (χ3v) is 7.72. The number of benzene rings is 2. The van der Waals surface area contributed by atoms with Gasteiger partial charge in [-0.3, -0.25) is 4.79 Å². The number of nitrogens with zero attached hydrogens (tertiary/aromatic N) is 1. The molecule has 0 saturated heterocycles. The number of amides is 1. The first kappa shape index (κ1) is 23.5. The molecule has 3 aromatic rings. The van der Waals surface area contributed by atoms with Gasteiger partial charge < -0.3 is 5.32 Å². The molecule has 31 heavy (non-hydrogen) atoms. The van der Waals surface area contributed by atoms with E-state index in [1.165, 1.54) is 12.1 Å². The summed E-state index contributed by atoms with van der Waals surface area (Å²) in [5.41, 5.74) is 1.98. The Kier molecular flexibility index (Phi) is 8.25. The number of unbranched alkanes of at least 4 members (excludes halogenated alkanes) is 1. The van der Waals surface area contributed by atoms with Crippen LogP contribution in [0.15, 0.2) is 63.7 Å². The van der Waals surface area contributed by atoms with Crippen LogP contribution in [0.4, 0.5) is 5.69 Å². The summed E-state index contributed by atoms with van der Waals surface area (Å²) in [6, 6.07) is 13.6. The van der Waals surface area contributed by atoms with Gasteiger partial charge in [-0.1, -0.05) is 19.4 Å². The zero-order valence-electron chi connectivity index (χ0n) is 17.4. The molecule has 0 fully saturated rings. The van der Waals surface area contributed by atoms with E-state index in [9.17, 15) is 13.2 Å². The van der Waals surface area contributed by atoms with Crippen molar-refractivity contribution in [2.75, 3.05) is 11.9 Å². The van der Waals surface area contributed by atoms with E-state index in [1.807, 2.05) is 26.0 Å². The SMILES string of the molecule is CCCCNS(=O)(=O)c1cccc(NC(=O)c2ccc(SCc3csc(C)n3)cc2)c1. The summed E-state index contributed by atoms with van der Waals surface area (Å²) < 4.78 is 27.3. The number of sulfonamides is 1. The molecule has 9 heteroatoms. The van der Waals surface area contributed by atoms with Gasteiger partial charge in [-0.05, 0) is 55.8 Å². The molecule has 0 aliphatic heterocycles. The van der Waals surface area contributed by atoms with Crippen LogP contribution in [-0.4, -0.2) is 25.9 Å². The van der Waals surface area contributed by atoms with Gasteiger partial charge in [0.25, 0.3) is 5.91 Å². The standard InChI is InChI=1S/C22H25N3O3S3/c1-3-4-12-23-31(27,28)21-7-5-6-18(13-21)25-22(26)17-8-10-20(11-9-17)30-15-19-14-29-16(2)24-19/h5-11,13-14,23H,3-4,12,15H2,1-2H3,(H,25,26). The second kappa shape index (κ2) is 10.9. The van der Waals surface area contributed by atoms with Crippen LogP contribution < -0.4 is 10.0 Å². The van der Waals surface area contributed by atoms with Gasteiger partial charge >= 0.3 is 0 Å². The maximum Gasteiger partial charge on any atom is 0.255 e. The zero-order chi connectivity index (χ0) is 22.3. The van der Waals surface area contributed by atoms with Gasteiger partial charge in [-0.2, -0.15) is 0 Å². The van der Waals surface area contributed by atoms with Crippen molar-refractivity contribution in [3.8, 4) is 0 Å². The minimum atomic E-state index is -3.60. The van der Waals surface area contributed by atoms with Crippen molar-refractivity contribution in [3.05, 3.63) is 70.2 Å². The van der Waals surface area contributed by atoms with Crippen LogP contribution in [0.5, 0.6) is 0 Å². The lowest BCUT2D eigenvalue weighted by Crippen LogP contribution is -2.24. The van der Waals surface area contributed by atoms with E-state index in [4.69, 9.17) is 0 Å². The Morgan fingerprint density at radius 3 is 2.61 bits per heavy atom. The van der Waals surface area contributed by atoms with Gasteiger partial charge in [-0.15, -0.1) is 23.1 Å². The largest absolute Gasteiger partial charge is 0.322 e. The fraction of sp³-hybridized carbons (Fsp3) is 0.273.